The van der Waals surface area contributed by atoms with Gasteiger partial charge in [-0.15, -0.1) is 36.2 Å². The molecule has 1 amide bonds. The molecule has 5 nitrogen and oxygen atoms in total. The fourth-order valence-corrected chi connectivity index (χ4v) is 3.44. The van der Waals surface area contributed by atoms with Crippen molar-refractivity contribution < 1.29 is 9.53 Å². The van der Waals surface area contributed by atoms with Crippen molar-refractivity contribution in [2.24, 2.45) is 0 Å². The third kappa shape index (κ3) is 6.01. The zero-order valence-electron chi connectivity index (χ0n) is 13.6. The van der Waals surface area contributed by atoms with Crippen molar-refractivity contribution in [3.05, 3.63) is 44.9 Å². The maximum absolute atomic E-state index is 12.3. The number of hydrogen-bond acceptors (Lipinski definition) is 5. The number of rotatable bonds is 5. The van der Waals surface area contributed by atoms with E-state index in [-0.39, 0.29) is 36.8 Å². The third-order valence-electron chi connectivity index (χ3n) is 3.62. The Kier molecular flexibility index (Phi) is 8.96. The topological polar surface area (TPSA) is 63.2 Å². The summed E-state index contributed by atoms with van der Waals surface area (Å²) in [6.45, 7) is 3.97. The smallest absolute Gasteiger partial charge is 0.263 e. The second-order valence-corrected chi connectivity index (χ2v) is 6.95. The predicted molar refractivity (Wildman–Crippen MR) is 106 cm³/mol. The minimum absolute atomic E-state index is 0. The second-order valence-electron chi connectivity index (χ2n) is 5.43. The van der Waals surface area contributed by atoms with Crippen LogP contribution in [0.3, 0.4) is 0 Å². The molecule has 0 saturated carbocycles. The predicted octanol–water partition coefficient (Wildman–Crippen LogP) is 3.62. The first-order valence-electron chi connectivity index (χ1n) is 7.48. The average molecular weight is 425 g/mol. The van der Waals surface area contributed by atoms with E-state index in [1.54, 1.807) is 12.1 Å². The normalized spacial score (nSPS) is 15.8. The van der Waals surface area contributed by atoms with Gasteiger partial charge in [-0.25, -0.2) is 4.98 Å². The van der Waals surface area contributed by atoms with Gasteiger partial charge in [0, 0.05) is 17.6 Å². The van der Waals surface area contributed by atoms with Crippen molar-refractivity contribution in [3.63, 3.8) is 0 Å². The van der Waals surface area contributed by atoms with Crippen molar-refractivity contribution in [2.75, 3.05) is 13.1 Å². The molecule has 1 fully saturated rings. The Morgan fingerprint density at radius 2 is 2.12 bits per heavy atom. The van der Waals surface area contributed by atoms with Crippen LogP contribution >= 0.6 is 47.8 Å². The SMILES string of the molecule is Cc1nc(COc2ccc(Cl)cc2)sc1C(=O)NC1CCNC1.Cl.Cl. The molecule has 2 N–H and O–H groups in total. The number of aryl methyl sites for hydroxylation is 1. The van der Waals surface area contributed by atoms with E-state index in [9.17, 15) is 4.79 Å². The van der Waals surface area contributed by atoms with E-state index in [1.807, 2.05) is 19.1 Å². The van der Waals surface area contributed by atoms with E-state index in [0.717, 1.165) is 36.0 Å². The highest BCUT2D eigenvalue weighted by atomic mass is 35.5. The maximum atomic E-state index is 12.3. The van der Waals surface area contributed by atoms with Gasteiger partial charge in [-0.1, -0.05) is 11.6 Å². The van der Waals surface area contributed by atoms with Crippen molar-refractivity contribution >= 4 is 53.7 Å². The molecule has 1 saturated heterocycles. The molecule has 1 aromatic carbocycles. The molecule has 0 spiro atoms. The molecular weight excluding hydrogens is 405 g/mol. The highest BCUT2D eigenvalue weighted by Gasteiger charge is 2.21. The summed E-state index contributed by atoms with van der Waals surface area (Å²) >= 11 is 7.22. The fraction of sp³-hybridized carbons (Fsp3) is 0.375. The molecule has 138 valence electrons. The molecule has 2 heterocycles. The number of carbonyl (C=O) groups excluding carboxylic acids is 1. The van der Waals surface area contributed by atoms with E-state index < -0.39 is 0 Å². The average Bonchev–Trinajstić information content (AvgIpc) is 3.16. The van der Waals surface area contributed by atoms with Crippen LogP contribution in [0.2, 0.25) is 5.02 Å². The monoisotopic (exact) mass is 423 g/mol. The van der Waals surface area contributed by atoms with E-state index in [0.29, 0.717) is 16.5 Å². The van der Waals surface area contributed by atoms with Gasteiger partial charge in [-0.3, -0.25) is 4.79 Å². The molecule has 0 bridgehead atoms. The summed E-state index contributed by atoms with van der Waals surface area (Å²) in [5.74, 6) is 0.678. The number of amides is 1. The lowest BCUT2D eigenvalue weighted by molar-refractivity contribution is 0.0943. The number of carbonyl (C=O) groups is 1. The first-order chi connectivity index (χ1) is 11.1. The van der Waals surface area contributed by atoms with Crippen LogP contribution in [-0.2, 0) is 6.61 Å². The number of ether oxygens (including phenoxy) is 1. The molecule has 9 heteroatoms. The van der Waals surface area contributed by atoms with Gasteiger partial charge in [-0.05, 0) is 44.2 Å². The van der Waals surface area contributed by atoms with Gasteiger partial charge in [0.25, 0.3) is 5.91 Å². The molecule has 1 unspecified atom stereocenters. The zero-order valence-corrected chi connectivity index (χ0v) is 16.8. The largest absolute Gasteiger partial charge is 0.486 e. The molecule has 3 rings (SSSR count). The Bertz CT molecular complexity index is 688. The molecule has 25 heavy (non-hydrogen) atoms. The molecule has 1 aliphatic rings. The Morgan fingerprint density at radius 3 is 2.76 bits per heavy atom. The molecule has 2 aromatic rings. The number of aromatic nitrogens is 1. The Morgan fingerprint density at radius 1 is 1.40 bits per heavy atom. The van der Waals surface area contributed by atoms with Gasteiger partial charge in [0.15, 0.2) is 0 Å². The van der Waals surface area contributed by atoms with Crippen molar-refractivity contribution in [1.29, 1.82) is 0 Å². The standard InChI is InChI=1S/C16H18ClN3O2S.2ClH/c1-10-15(16(21)20-12-6-7-18-8-12)23-14(19-10)9-22-13-4-2-11(17)3-5-13;;/h2-5,12,18H,6-9H2,1H3,(H,20,21);2*1H. The van der Waals surface area contributed by atoms with E-state index >= 15 is 0 Å². The highest BCUT2D eigenvalue weighted by Crippen LogP contribution is 2.21. The second kappa shape index (κ2) is 10.2. The highest BCUT2D eigenvalue weighted by molar-refractivity contribution is 7.13. The number of halogens is 3. The lowest BCUT2D eigenvalue weighted by atomic mass is 10.2. The summed E-state index contributed by atoms with van der Waals surface area (Å²) in [7, 11) is 0. The van der Waals surface area contributed by atoms with Crippen LogP contribution in [0.5, 0.6) is 5.75 Å². The molecule has 0 aliphatic carbocycles. The zero-order chi connectivity index (χ0) is 16.2. The first-order valence-corrected chi connectivity index (χ1v) is 8.67. The van der Waals surface area contributed by atoms with Crippen LogP contribution in [0.25, 0.3) is 0 Å². The third-order valence-corrected chi connectivity index (χ3v) is 5.00. The van der Waals surface area contributed by atoms with Crippen molar-refractivity contribution in [1.82, 2.24) is 15.6 Å². The first kappa shape index (κ1) is 22.0. The lowest BCUT2D eigenvalue weighted by Gasteiger charge is -2.10. The molecule has 1 atom stereocenters. The van der Waals surface area contributed by atoms with E-state index in [4.69, 9.17) is 16.3 Å². The number of hydrogen-bond donors (Lipinski definition) is 2. The van der Waals surface area contributed by atoms with Gasteiger partial charge >= 0.3 is 0 Å². The summed E-state index contributed by atoms with van der Waals surface area (Å²) in [4.78, 5) is 17.4. The number of nitrogens with zero attached hydrogens (tertiary/aromatic N) is 1. The van der Waals surface area contributed by atoms with E-state index in [2.05, 4.69) is 15.6 Å². The van der Waals surface area contributed by atoms with Gasteiger partial charge in [0.2, 0.25) is 0 Å². The van der Waals surface area contributed by atoms with Gasteiger partial charge in [0.1, 0.15) is 22.2 Å². The fourth-order valence-electron chi connectivity index (χ4n) is 2.43. The molecular formula is C16H20Cl3N3O2S. The van der Waals surface area contributed by atoms with Crippen molar-refractivity contribution in [2.45, 2.75) is 26.0 Å². The van der Waals surface area contributed by atoms with Crippen LogP contribution < -0.4 is 15.4 Å². The molecule has 0 radical (unpaired) electrons. The summed E-state index contributed by atoms with van der Waals surface area (Å²) in [5, 5.41) is 7.73. The Hall–Kier alpha value is -1.05. The Labute approximate surface area is 168 Å². The summed E-state index contributed by atoms with van der Waals surface area (Å²) in [6, 6.07) is 7.38. The van der Waals surface area contributed by atoms with Crippen molar-refractivity contribution in [3.8, 4) is 5.75 Å². The number of nitrogens with one attached hydrogen (secondary N) is 2. The van der Waals surface area contributed by atoms with Crippen LogP contribution in [0.4, 0.5) is 0 Å². The van der Waals surface area contributed by atoms with Gasteiger partial charge in [0.05, 0.1) is 5.69 Å². The summed E-state index contributed by atoms with van der Waals surface area (Å²) in [5.41, 5.74) is 0.744. The van der Waals surface area contributed by atoms with E-state index in [1.165, 1.54) is 11.3 Å². The van der Waals surface area contributed by atoms with Crippen LogP contribution in [-0.4, -0.2) is 30.0 Å². The summed E-state index contributed by atoms with van der Waals surface area (Å²) < 4.78 is 5.68. The summed E-state index contributed by atoms with van der Waals surface area (Å²) in [6.07, 6.45) is 0.968. The minimum atomic E-state index is -0.0496. The quantitative estimate of drug-likeness (QED) is 0.769. The van der Waals surface area contributed by atoms with Crippen LogP contribution in [0.1, 0.15) is 26.8 Å². The van der Waals surface area contributed by atoms with Gasteiger partial charge in [-0.2, -0.15) is 0 Å². The van der Waals surface area contributed by atoms with Crippen LogP contribution in [0, 0.1) is 6.92 Å². The maximum Gasteiger partial charge on any atom is 0.263 e. The Balaban J connectivity index is 0.00000156. The minimum Gasteiger partial charge on any atom is -0.486 e. The van der Waals surface area contributed by atoms with Gasteiger partial charge < -0.3 is 15.4 Å². The number of thiazole rings is 1. The number of benzene rings is 1. The van der Waals surface area contributed by atoms with Crippen LogP contribution in [0.15, 0.2) is 24.3 Å². The molecule has 1 aromatic heterocycles. The lowest BCUT2D eigenvalue weighted by Crippen LogP contribution is -2.36. The molecule has 1 aliphatic heterocycles.